The van der Waals surface area contributed by atoms with Crippen LogP contribution in [-0.4, -0.2) is 26.6 Å². The molecule has 0 bridgehead atoms. The fraction of sp³-hybridized carbons (Fsp3) is 0.286. The second kappa shape index (κ2) is 7.12. The molecule has 2 aromatic heterocycles. The molecule has 1 aliphatic rings. The number of hydrogen-bond donors (Lipinski definition) is 0. The van der Waals surface area contributed by atoms with Crippen LogP contribution in [0.3, 0.4) is 0 Å². The maximum absolute atomic E-state index is 5.49. The molecule has 0 amide bonds. The van der Waals surface area contributed by atoms with Gasteiger partial charge in [-0.3, -0.25) is 9.67 Å². The number of pyridine rings is 1. The second-order valence-corrected chi connectivity index (χ2v) is 6.64. The van der Waals surface area contributed by atoms with Crippen LogP contribution in [0.1, 0.15) is 25.3 Å². The Labute approximate surface area is 153 Å². The fourth-order valence-electron chi connectivity index (χ4n) is 3.26. The van der Waals surface area contributed by atoms with Gasteiger partial charge in [-0.2, -0.15) is 5.10 Å². The van der Waals surface area contributed by atoms with Crippen molar-refractivity contribution in [1.29, 1.82) is 0 Å². The average molecular weight is 346 g/mol. The molecule has 1 aromatic carbocycles. The van der Waals surface area contributed by atoms with Gasteiger partial charge in [-0.1, -0.05) is 30.3 Å². The first-order valence-electron chi connectivity index (χ1n) is 8.99. The number of benzene rings is 1. The molecular weight excluding hydrogens is 324 g/mol. The molecule has 5 nitrogen and oxygen atoms in total. The molecule has 3 aromatic rings. The zero-order chi connectivity index (χ0) is 17.9. The lowest BCUT2D eigenvalue weighted by molar-refractivity contribution is 0.0698. The summed E-state index contributed by atoms with van der Waals surface area (Å²) >= 11 is 0. The molecule has 1 atom stereocenters. The Morgan fingerprint density at radius 3 is 2.88 bits per heavy atom. The Balaban J connectivity index is 1.53. The van der Waals surface area contributed by atoms with Crippen molar-refractivity contribution in [3.63, 3.8) is 0 Å². The molecule has 0 N–H and O–H groups in total. The van der Waals surface area contributed by atoms with Crippen LogP contribution < -0.4 is 0 Å². The molecule has 26 heavy (non-hydrogen) atoms. The van der Waals surface area contributed by atoms with Crippen molar-refractivity contribution in [1.82, 2.24) is 14.8 Å². The largest absolute Gasteiger partial charge is 0.390 e. The lowest BCUT2D eigenvalue weighted by atomic mass is 10.00. The molecule has 0 radical (unpaired) electrons. The van der Waals surface area contributed by atoms with Gasteiger partial charge in [-0.05, 0) is 48.2 Å². The van der Waals surface area contributed by atoms with Crippen LogP contribution in [0.4, 0.5) is 0 Å². The van der Waals surface area contributed by atoms with Gasteiger partial charge in [-0.15, -0.1) is 0 Å². The van der Waals surface area contributed by atoms with Gasteiger partial charge in [0.15, 0.2) is 6.10 Å². The zero-order valence-corrected chi connectivity index (χ0v) is 15.1. The van der Waals surface area contributed by atoms with E-state index in [0.717, 1.165) is 36.4 Å². The summed E-state index contributed by atoms with van der Waals surface area (Å²) in [5.41, 5.74) is 6.74. The van der Waals surface area contributed by atoms with Crippen LogP contribution in [-0.2, 0) is 11.4 Å². The van der Waals surface area contributed by atoms with E-state index in [0.29, 0.717) is 0 Å². The third-order valence-corrected chi connectivity index (χ3v) is 4.72. The van der Waals surface area contributed by atoms with Gasteiger partial charge in [0.05, 0.1) is 18.0 Å². The monoisotopic (exact) mass is 346 g/mol. The Morgan fingerprint density at radius 2 is 2.08 bits per heavy atom. The highest BCUT2D eigenvalue weighted by Crippen LogP contribution is 2.27. The van der Waals surface area contributed by atoms with Gasteiger partial charge in [0.2, 0.25) is 0 Å². The molecular formula is C21H22N4O. The highest BCUT2D eigenvalue weighted by Gasteiger charge is 2.20. The van der Waals surface area contributed by atoms with E-state index in [1.54, 1.807) is 0 Å². The van der Waals surface area contributed by atoms with Crippen LogP contribution >= 0.6 is 0 Å². The van der Waals surface area contributed by atoms with Crippen molar-refractivity contribution >= 4 is 5.71 Å². The quantitative estimate of drug-likeness (QED) is 0.684. The normalized spacial score (nSPS) is 16.4. The van der Waals surface area contributed by atoms with Crippen LogP contribution in [0, 0.1) is 6.92 Å². The molecule has 4 rings (SSSR count). The summed E-state index contributed by atoms with van der Waals surface area (Å²) in [6.45, 7) is 4.90. The summed E-state index contributed by atoms with van der Waals surface area (Å²) in [5.74, 6) is 0. The van der Waals surface area contributed by atoms with Crippen molar-refractivity contribution in [2.45, 2.75) is 39.3 Å². The minimum absolute atomic E-state index is 0.0866. The molecule has 0 saturated heterocycles. The highest BCUT2D eigenvalue weighted by molar-refractivity contribution is 5.85. The number of rotatable bonds is 5. The van der Waals surface area contributed by atoms with Gasteiger partial charge in [-0.25, -0.2) is 0 Å². The van der Waals surface area contributed by atoms with Crippen LogP contribution in [0.2, 0.25) is 0 Å². The third kappa shape index (κ3) is 3.38. The average Bonchev–Trinajstić information content (AvgIpc) is 3.32. The van der Waals surface area contributed by atoms with Crippen LogP contribution in [0.15, 0.2) is 60.1 Å². The lowest BCUT2D eigenvalue weighted by Gasteiger charge is -2.08. The number of aromatic nitrogens is 3. The molecule has 0 saturated carbocycles. The van der Waals surface area contributed by atoms with Crippen molar-refractivity contribution in [2.75, 3.05) is 0 Å². The Bertz CT molecular complexity index is 944. The first-order chi connectivity index (χ1) is 12.7. The first kappa shape index (κ1) is 16.5. The lowest BCUT2D eigenvalue weighted by Crippen LogP contribution is -2.16. The number of oxime groups is 1. The zero-order valence-electron chi connectivity index (χ0n) is 15.1. The van der Waals surface area contributed by atoms with Gasteiger partial charge in [0.1, 0.15) is 0 Å². The minimum atomic E-state index is 0.0866. The van der Waals surface area contributed by atoms with E-state index in [9.17, 15) is 0 Å². The summed E-state index contributed by atoms with van der Waals surface area (Å²) in [6, 6.07) is 12.6. The number of nitrogens with zero attached hydrogens (tertiary/aromatic N) is 4. The van der Waals surface area contributed by atoms with Gasteiger partial charge in [0, 0.05) is 30.6 Å². The summed E-state index contributed by atoms with van der Waals surface area (Å²) in [7, 11) is 0. The van der Waals surface area contributed by atoms with Gasteiger partial charge < -0.3 is 4.84 Å². The molecule has 132 valence electrons. The predicted molar refractivity (Wildman–Crippen MR) is 103 cm³/mol. The molecule has 0 unspecified atom stereocenters. The summed E-state index contributed by atoms with van der Waals surface area (Å²) in [4.78, 5) is 9.66. The van der Waals surface area contributed by atoms with Crippen molar-refractivity contribution < 1.29 is 4.84 Å². The van der Waals surface area contributed by atoms with E-state index in [-0.39, 0.29) is 6.10 Å². The highest BCUT2D eigenvalue weighted by atomic mass is 16.6. The number of hydrogen-bond acceptors (Lipinski definition) is 4. The maximum Gasteiger partial charge on any atom is 0.152 e. The second-order valence-electron chi connectivity index (χ2n) is 6.64. The smallest absolute Gasteiger partial charge is 0.152 e. The maximum atomic E-state index is 5.49. The summed E-state index contributed by atoms with van der Waals surface area (Å²) in [5, 5.41) is 8.85. The SMILES string of the molecule is CCC1=NO[C@H](Cn2ccc(-c3cccc(-c4ccncc4C)c3)n2)C1. The summed E-state index contributed by atoms with van der Waals surface area (Å²) < 4.78 is 1.94. The molecule has 0 fully saturated rings. The van der Waals surface area contributed by atoms with E-state index in [1.807, 2.05) is 23.3 Å². The van der Waals surface area contributed by atoms with Crippen molar-refractivity contribution in [3.05, 3.63) is 60.6 Å². The molecule has 0 aliphatic carbocycles. The van der Waals surface area contributed by atoms with Crippen molar-refractivity contribution in [3.8, 4) is 22.4 Å². The molecule has 5 heteroatoms. The first-order valence-corrected chi connectivity index (χ1v) is 8.99. The number of aryl methyl sites for hydroxylation is 1. The van der Waals surface area contributed by atoms with E-state index in [1.165, 1.54) is 16.7 Å². The standard InChI is InChI=1S/C21H22N4O/c1-3-18-12-19(26-24-18)14-25-10-8-21(23-25)17-6-4-5-16(11-17)20-7-9-22-13-15(20)2/h4-11,13,19H,3,12,14H2,1-2H3/t19-/m0/s1. The predicted octanol–water partition coefficient (Wildman–Crippen LogP) is 4.48. The Hall–Kier alpha value is -2.95. The molecule has 3 heterocycles. The van der Waals surface area contributed by atoms with Crippen molar-refractivity contribution in [2.24, 2.45) is 5.16 Å². The molecule has 1 aliphatic heterocycles. The fourth-order valence-corrected chi connectivity index (χ4v) is 3.26. The van der Waals surface area contributed by atoms with E-state index < -0.39 is 0 Å². The van der Waals surface area contributed by atoms with Gasteiger partial charge in [0.25, 0.3) is 0 Å². The van der Waals surface area contributed by atoms with E-state index >= 15 is 0 Å². The topological polar surface area (TPSA) is 52.3 Å². The molecule has 0 spiro atoms. The van der Waals surface area contributed by atoms with Gasteiger partial charge >= 0.3 is 0 Å². The van der Waals surface area contributed by atoms with E-state index in [2.05, 4.69) is 60.4 Å². The van der Waals surface area contributed by atoms with Crippen LogP contribution in [0.5, 0.6) is 0 Å². The third-order valence-electron chi connectivity index (χ3n) is 4.72. The summed E-state index contributed by atoms with van der Waals surface area (Å²) in [6.07, 6.45) is 7.66. The van der Waals surface area contributed by atoms with E-state index in [4.69, 9.17) is 9.94 Å². The Morgan fingerprint density at radius 1 is 1.19 bits per heavy atom. The Kier molecular flexibility index (Phi) is 4.52. The van der Waals surface area contributed by atoms with Crippen LogP contribution in [0.25, 0.3) is 22.4 Å². The minimum Gasteiger partial charge on any atom is -0.390 e.